The van der Waals surface area contributed by atoms with Crippen LogP contribution in [0.2, 0.25) is 0 Å². The second-order valence-corrected chi connectivity index (χ2v) is 8.39. The Bertz CT molecular complexity index is 613. The molecule has 106 valence electrons. The van der Waals surface area contributed by atoms with Crippen LogP contribution in [0, 0.1) is 0 Å². The van der Waals surface area contributed by atoms with E-state index in [9.17, 15) is 0 Å². The predicted octanol–water partition coefficient (Wildman–Crippen LogP) is 7.45. The van der Waals surface area contributed by atoms with Gasteiger partial charge in [0.05, 0.1) is 0 Å². The van der Waals surface area contributed by atoms with Crippen molar-refractivity contribution < 1.29 is 0 Å². The maximum Gasteiger partial charge on any atom is 0.0238 e. The summed E-state index contributed by atoms with van der Waals surface area (Å²) in [5, 5.41) is 0. The van der Waals surface area contributed by atoms with E-state index in [-0.39, 0.29) is 5.41 Å². The summed E-state index contributed by atoms with van der Waals surface area (Å²) in [6, 6.07) is 12.6. The summed E-state index contributed by atoms with van der Waals surface area (Å²) < 4.78 is 4.43. The maximum absolute atomic E-state index is 3.72. The molecule has 0 saturated heterocycles. The molecular weight excluding hydrogens is 512 g/mol. The van der Waals surface area contributed by atoms with Gasteiger partial charge in [-0.1, -0.05) is 95.8 Å². The molecule has 2 aromatic carbocycles. The fourth-order valence-corrected chi connectivity index (χ4v) is 6.34. The molecule has 0 aliphatic rings. The molecule has 0 N–H and O–H groups in total. The Hall–Kier alpha value is 0.360. The molecule has 0 heterocycles. The van der Waals surface area contributed by atoms with Crippen LogP contribution >= 0.6 is 63.7 Å². The van der Waals surface area contributed by atoms with E-state index in [4.69, 9.17) is 0 Å². The first-order chi connectivity index (χ1) is 9.40. The lowest BCUT2D eigenvalue weighted by molar-refractivity contribution is 0.542. The zero-order valence-electron chi connectivity index (χ0n) is 11.2. The van der Waals surface area contributed by atoms with Gasteiger partial charge < -0.3 is 0 Å². The Labute approximate surface area is 153 Å². The Balaban J connectivity index is 2.72. The van der Waals surface area contributed by atoms with E-state index < -0.39 is 0 Å². The number of benzene rings is 2. The van der Waals surface area contributed by atoms with Crippen LogP contribution in [0.5, 0.6) is 0 Å². The van der Waals surface area contributed by atoms with E-state index in [1.54, 1.807) is 0 Å². The van der Waals surface area contributed by atoms with Gasteiger partial charge >= 0.3 is 0 Å². The van der Waals surface area contributed by atoms with Gasteiger partial charge in [-0.05, 0) is 35.7 Å². The van der Waals surface area contributed by atoms with Crippen molar-refractivity contribution in [3.8, 4) is 0 Å². The summed E-state index contributed by atoms with van der Waals surface area (Å²) in [5.74, 6) is 0. The molecule has 0 radical (unpaired) electrons. The van der Waals surface area contributed by atoms with Crippen molar-refractivity contribution in [3.05, 3.63) is 65.4 Å². The van der Waals surface area contributed by atoms with Crippen molar-refractivity contribution in [2.24, 2.45) is 0 Å². The van der Waals surface area contributed by atoms with Crippen molar-refractivity contribution in [1.29, 1.82) is 0 Å². The molecule has 20 heavy (non-hydrogen) atoms. The number of halogens is 4. The van der Waals surface area contributed by atoms with Crippen LogP contribution in [0.4, 0.5) is 0 Å². The quantitative estimate of drug-likeness (QED) is 0.390. The van der Waals surface area contributed by atoms with Gasteiger partial charge in [0.25, 0.3) is 0 Å². The Morgan fingerprint density at radius 2 is 1.45 bits per heavy atom. The molecule has 0 aliphatic carbocycles. The summed E-state index contributed by atoms with van der Waals surface area (Å²) in [4.78, 5) is 0. The predicted molar refractivity (Wildman–Crippen MR) is 100 cm³/mol. The molecule has 0 amide bonds. The largest absolute Gasteiger partial charge is 0.0642 e. The summed E-state index contributed by atoms with van der Waals surface area (Å²) >= 11 is 14.7. The van der Waals surface area contributed by atoms with E-state index in [1.807, 2.05) is 0 Å². The maximum atomic E-state index is 3.72. The molecule has 0 bridgehead atoms. The molecule has 0 aliphatic heterocycles. The fourth-order valence-electron chi connectivity index (χ4n) is 2.48. The van der Waals surface area contributed by atoms with E-state index >= 15 is 0 Å². The molecule has 2 aromatic rings. The van der Waals surface area contributed by atoms with Crippen molar-refractivity contribution >= 4 is 63.7 Å². The molecule has 0 saturated carbocycles. The molecule has 1 unspecified atom stereocenters. The highest BCUT2D eigenvalue weighted by atomic mass is 79.9. The van der Waals surface area contributed by atoms with E-state index in [2.05, 4.69) is 114 Å². The highest BCUT2D eigenvalue weighted by Gasteiger charge is 2.32. The van der Waals surface area contributed by atoms with Gasteiger partial charge in [-0.25, -0.2) is 0 Å². The number of hydrogen-bond acceptors (Lipinski definition) is 0. The third-order valence-electron chi connectivity index (χ3n) is 3.73. The third-order valence-corrected chi connectivity index (χ3v) is 6.13. The van der Waals surface area contributed by atoms with Crippen LogP contribution in [0.3, 0.4) is 0 Å². The Kier molecular flexibility index (Phi) is 5.55. The third kappa shape index (κ3) is 3.08. The summed E-state index contributed by atoms with van der Waals surface area (Å²) in [6.07, 6.45) is 1.01. The van der Waals surface area contributed by atoms with Gasteiger partial charge in [0.2, 0.25) is 0 Å². The van der Waals surface area contributed by atoms with Crippen molar-refractivity contribution in [2.45, 2.75) is 25.7 Å². The van der Waals surface area contributed by atoms with Gasteiger partial charge in [-0.3, -0.25) is 0 Å². The first-order valence-electron chi connectivity index (χ1n) is 6.30. The van der Waals surface area contributed by atoms with Gasteiger partial charge in [-0.2, -0.15) is 0 Å². The normalized spacial score (nSPS) is 14.1. The fraction of sp³-hybridized carbons (Fsp3) is 0.250. The SMILES string of the molecule is CCC(C)(c1ccccc1Br)c1c(Br)cc(Br)cc1Br. The molecule has 0 aromatic heterocycles. The second kappa shape index (κ2) is 6.64. The number of hydrogen-bond donors (Lipinski definition) is 0. The molecular formula is C16H14Br4. The van der Waals surface area contributed by atoms with Crippen LogP contribution in [0.25, 0.3) is 0 Å². The topological polar surface area (TPSA) is 0 Å². The second-order valence-electron chi connectivity index (χ2n) is 4.91. The minimum absolute atomic E-state index is 0.0710. The smallest absolute Gasteiger partial charge is 0.0238 e. The van der Waals surface area contributed by atoms with Gasteiger partial charge in [0, 0.05) is 23.3 Å². The molecule has 2 rings (SSSR count). The first-order valence-corrected chi connectivity index (χ1v) is 9.47. The average Bonchev–Trinajstić information content (AvgIpc) is 2.37. The van der Waals surface area contributed by atoms with Crippen LogP contribution < -0.4 is 0 Å². The molecule has 0 fully saturated rings. The number of rotatable bonds is 3. The molecule has 0 spiro atoms. The first kappa shape index (κ1) is 16.7. The molecule has 1 atom stereocenters. The lowest BCUT2D eigenvalue weighted by atomic mass is 9.74. The van der Waals surface area contributed by atoms with E-state index in [0.717, 1.165) is 24.3 Å². The summed E-state index contributed by atoms with van der Waals surface area (Å²) in [6.45, 7) is 4.51. The standard InChI is InChI=1S/C16H14Br4/c1-3-16(2,11-6-4-5-7-12(11)18)15-13(19)8-10(17)9-14(15)20/h4-9H,3H2,1-2H3. The Morgan fingerprint density at radius 3 is 1.95 bits per heavy atom. The zero-order chi connectivity index (χ0) is 14.9. The minimum Gasteiger partial charge on any atom is -0.0642 e. The monoisotopic (exact) mass is 522 g/mol. The lowest BCUT2D eigenvalue weighted by Crippen LogP contribution is -2.24. The van der Waals surface area contributed by atoms with Crippen molar-refractivity contribution in [3.63, 3.8) is 0 Å². The highest BCUT2D eigenvalue weighted by molar-refractivity contribution is 9.11. The van der Waals surface area contributed by atoms with Crippen LogP contribution in [0.15, 0.2) is 54.3 Å². The lowest BCUT2D eigenvalue weighted by Gasteiger charge is -2.33. The van der Waals surface area contributed by atoms with Crippen LogP contribution in [-0.2, 0) is 5.41 Å². The average molecular weight is 526 g/mol. The molecule has 0 nitrogen and oxygen atoms in total. The van der Waals surface area contributed by atoms with Gasteiger partial charge in [-0.15, -0.1) is 0 Å². The molecule has 4 heteroatoms. The zero-order valence-corrected chi connectivity index (χ0v) is 17.5. The van der Waals surface area contributed by atoms with Gasteiger partial charge in [0.1, 0.15) is 0 Å². The highest BCUT2D eigenvalue weighted by Crippen LogP contribution is 2.46. The summed E-state index contributed by atoms with van der Waals surface area (Å²) in [5.41, 5.74) is 2.50. The van der Waals surface area contributed by atoms with E-state index in [0.29, 0.717) is 0 Å². The minimum atomic E-state index is -0.0710. The van der Waals surface area contributed by atoms with Crippen LogP contribution in [0.1, 0.15) is 31.4 Å². The van der Waals surface area contributed by atoms with Crippen molar-refractivity contribution in [2.75, 3.05) is 0 Å². The Morgan fingerprint density at radius 1 is 0.900 bits per heavy atom. The van der Waals surface area contributed by atoms with Crippen LogP contribution in [-0.4, -0.2) is 0 Å². The van der Waals surface area contributed by atoms with Crippen molar-refractivity contribution in [1.82, 2.24) is 0 Å². The van der Waals surface area contributed by atoms with Gasteiger partial charge in [0.15, 0.2) is 0 Å². The van der Waals surface area contributed by atoms with E-state index in [1.165, 1.54) is 11.1 Å². The summed E-state index contributed by atoms with van der Waals surface area (Å²) in [7, 11) is 0.